The predicted octanol–water partition coefficient (Wildman–Crippen LogP) is 2.89. The number of amides is 1. The van der Waals surface area contributed by atoms with Crippen LogP contribution in [0.1, 0.15) is 24.3 Å². The molecule has 3 aromatic rings. The first-order chi connectivity index (χ1) is 15.0. The Hall–Kier alpha value is -3.59. The Morgan fingerprint density at radius 2 is 1.97 bits per heavy atom. The maximum absolute atomic E-state index is 12.4. The number of likely N-dealkylation sites (tertiary alicyclic amines) is 1. The Kier molecular flexibility index (Phi) is 6.03. The zero-order valence-electron chi connectivity index (χ0n) is 17.1. The quantitative estimate of drug-likeness (QED) is 0.412. The minimum Gasteiger partial charge on any atom is -0.465 e. The Bertz CT molecular complexity index is 1120. The minimum absolute atomic E-state index is 0.209. The third-order valence-electron chi connectivity index (χ3n) is 5.62. The van der Waals surface area contributed by atoms with E-state index in [1.165, 1.54) is 10.5 Å². The van der Waals surface area contributed by atoms with Crippen molar-refractivity contribution in [2.75, 3.05) is 36.8 Å². The number of fused-ring (bicyclic) bond motifs is 1. The van der Waals surface area contributed by atoms with Gasteiger partial charge in [0, 0.05) is 38.1 Å². The number of nitrogens with two attached hydrogens (primary N) is 1. The van der Waals surface area contributed by atoms with E-state index >= 15 is 0 Å². The predicted molar refractivity (Wildman–Crippen MR) is 121 cm³/mol. The van der Waals surface area contributed by atoms with E-state index in [0.29, 0.717) is 49.1 Å². The van der Waals surface area contributed by atoms with Crippen LogP contribution in [0.3, 0.4) is 0 Å². The lowest BCUT2D eigenvalue weighted by molar-refractivity contribution is 0.132. The summed E-state index contributed by atoms with van der Waals surface area (Å²) in [4.78, 5) is 32.3. The number of anilines is 3. The van der Waals surface area contributed by atoms with Crippen LogP contribution in [0, 0.1) is 0 Å². The molecule has 0 unspecified atom stereocenters. The monoisotopic (exact) mass is 422 g/mol. The van der Waals surface area contributed by atoms with Crippen LogP contribution >= 0.6 is 0 Å². The number of aromatic amines is 1. The van der Waals surface area contributed by atoms with Crippen LogP contribution in [0.5, 0.6) is 0 Å². The van der Waals surface area contributed by atoms with E-state index in [9.17, 15) is 9.59 Å². The first kappa shape index (κ1) is 20.7. The molecule has 1 fully saturated rings. The van der Waals surface area contributed by atoms with Crippen molar-refractivity contribution in [1.82, 2.24) is 14.9 Å². The maximum Gasteiger partial charge on any atom is 0.407 e. The molecule has 0 saturated carbocycles. The molecule has 0 radical (unpaired) electrons. The summed E-state index contributed by atoms with van der Waals surface area (Å²) in [5.41, 5.74) is 7.38. The number of hydrogen-bond donors (Lipinski definition) is 5. The Labute approximate surface area is 179 Å². The molecule has 9 nitrogen and oxygen atoms in total. The number of nitrogens with one attached hydrogen (secondary N) is 3. The zero-order valence-corrected chi connectivity index (χ0v) is 17.1. The largest absolute Gasteiger partial charge is 0.465 e. The van der Waals surface area contributed by atoms with Gasteiger partial charge in [-0.1, -0.05) is 12.1 Å². The lowest BCUT2D eigenvalue weighted by Gasteiger charge is -2.30. The van der Waals surface area contributed by atoms with Gasteiger partial charge in [-0.05, 0) is 54.0 Å². The molecule has 1 aromatic carbocycles. The van der Waals surface area contributed by atoms with E-state index in [0.717, 1.165) is 23.9 Å². The van der Waals surface area contributed by atoms with Gasteiger partial charge in [-0.2, -0.15) is 0 Å². The number of piperidine rings is 1. The first-order valence-electron chi connectivity index (χ1n) is 10.4. The highest BCUT2D eigenvalue weighted by molar-refractivity contribution is 5.94. The Morgan fingerprint density at radius 3 is 2.65 bits per heavy atom. The summed E-state index contributed by atoms with van der Waals surface area (Å²) in [6.07, 6.45) is 2.40. The maximum atomic E-state index is 12.4. The van der Waals surface area contributed by atoms with E-state index < -0.39 is 6.09 Å². The van der Waals surface area contributed by atoms with Gasteiger partial charge in [0.15, 0.2) is 0 Å². The number of H-pyrrole nitrogens is 1. The molecule has 1 aliphatic rings. The molecule has 0 bridgehead atoms. The third-order valence-corrected chi connectivity index (χ3v) is 5.62. The number of pyridine rings is 2. The average Bonchev–Trinajstić information content (AvgIpc) is 2.78. The molecule has 1 saturated heterocycles. The van der Waals surface area contributed by atoms with E-state index in [4.69, 9.17) is 10.8 Å². The number of carbonyl (C=O) groups is 1. The van der Waals surface area contributed by atoms with Crippen LogP contribution in [0.2, 0.25) is 0 Å². The molecular formula is C22H26N6O3. The third kappa shape index (κ3) is 4.61. The zero-order chi connectivity index (χ0) is 21.8. The van der Waals surface area contributed by atoms with Crippen molar-refractivity contribution in [3.05, 3.63) is 58.5 Å². The number of rotatable bonds is 6. The van der Waals surface area contributed by atoms with Gasteiger partial charge in [-0.25, -0.2) is 9.78 Å². The van der Waals surface area contributed by atoms with Gasteiger partial charge in [0.2, 0.25) is 0 Å². The van der Waals surface area contributed by atoms with Crippen LogP contribution in [0.25, 0.3) is 10.8 Å². The van der Waals surface area contributed by atoms with Crippen molar-refractivity contribution >= 4 is 34.2 Å². The van der Waals surface area contributed by atoms with Gasteiger partial charge >= 0.3 is 6.09 Å². The van der Waals surface area contributed by atoms with E-state index in [1.807, 2.05) is 36.4 Å². The summed E-state index contributed by atoms with van der Waals surface area (Å²) in [5.74, 6) is 1.46. The molecule has 6 N–H and O–H groups in total. The van der Waals surface area contributed by atoms with Crippen molar-refractivity contribution in [3.63, 3.8) is 0 Å². The van der Waals surface area contributed by atoms with Crippen LogP contribution in [-0.2, 0) is 0 Å². The topological polar surface area (TPSA) is 136 Å². The van der Waals surface area contributed by atoms with Crippen molar-refractivity contribution in [2.45, 2.75) is 18.8 Å². The van der Waals surface area contributed by atoms with Crippen molar-refractivity contribution in [2.24, 2.45) is 5.73 Å². The van der Waals surface area contributed by atoms with Crippen molar-refractivity contribution < 1.29 is 9.90 Å². The summed E-state index contributed by atoms with van der Waals surface area (Å²) in [6.45, 7) is 2.17. The number of carboxylic acid groups (broad SMARTS) is 1. The number of hydrogen-bond acceptors (Lipinski definition) is 6. The van der Waals surface area contributed by atoms with Crippen molar-refractivity contribution in [3.8, 4) is 0 Å². The lowest BCUT2D eigenvalue weighted by atomic mass is 9.89. The summed E-state index contributed by atoms with van der Waals surface area (Å²) in [5, 5.41) is 16.8. The molecule has 1 aliphatic heterocycles. The smallest absolute Gasteiger partial charge is 0.407 e. The standard InChI is InChI=1S/C22H26N6O3/c23-8-10-24-18-13-16-5-9-25-21(29)19(16)20(27-18)26-17-3-1-14(2-4-17)15-6-11-28(12-7-15)22(30)31/h1-5,9,13,15H,6-8,10-12,23H2,(H,25,29)(H,30,31)(H2,24,26,27). The summed E-state index contributed by atoms with van der Waals surface area (Å²) >= 11 is 0. The SMILES string of the molecule is NCCNc1cc2cc[nH]c(=O)c2c(Nc2ccc(C3CCN(C(=O)O)CC3)cc2)n1. The molecule has 1 amide bonds. The van der Waals surface area contributed by atoms with Gasteiger partial charge in [-0.15, -0.1) is 0 Å². The van der Waals surface area contributed by atoms with E-state index in [-0.39, 0.29) is 5.56 Å². The summed E-state index contributed by atoms with van der Waals surface area (Å²) < 4.78 is 0. The second-order valence-corrected chi connectivity index (χ2v) is 7.63. The number of benzene rings is 1. The minimum atomic E-state index is -0.851. The fourth-order valence-electron chi connectivity index (χ4n) is 3.97. The highest BCUT2D eigenvalue weighted by Crippen LogP contribution is 2.30. The second-order valence-electron chi connectivity index (χ2n) is 7.63. The summed E-state index contributed by atoms with van der Waals surface area (Å²) in [6, 6.07) is 11.7. The first-order valence-corrected chi connectivity index (χ1v) is 10.4. The normalized spacial score (nSPS) is 14.5. The van der Waals surface area contributed by atoms with Crippen LogP contribution in [-0.4, -0.2) is 52.2 Å². The van der Waals surface area contributed by atoms with E-state index in [1.54, 1.807) is 6.20 Å². The fourth-order valence-corrected chi connectivity index (χ4v) is 3.97. The molecule has 0 spiro atoms. The summed E-state index contributed by atoms with van der Waals surface area (Å²) in [7, 11) is 0. The Balaban J connectivity index is 1.55. The number of aromatic nitrogens is 2. The lowest BCUT2D eigenvalue weighted by Crippen LogP contribution is -2.36. The van der Waals surface area contributed by atoms with Gasteiger partial charge < -0.3 is 31.4 Å². The average molecular weight is 422 g/mol. The van der Waals surface area contributed by atoms with Gasteiger partial charge in [0.1, 0.15) is 11.6 Å². The molecular weight excluding hydrogens is 396 g/mol. The number of nitrogens with zero attached hydrogens (tertiary/aromatic N) is 2. The van der Waals surface area contributed by atoms with Crippen LogP contribution in [0.15, 0.2) is 47.4 Å². The molecule has 2 aromatic heterocycles. The van der Waals surface area contributed by atoms with Gasteiger partial charge in [0.05, 0.1) is 5.39 Å². The van der Waals surface area contributed by atoms with Crippen LogP contribution in [0.4, 0.5) is 22.1 Å². The molecule has 0 aliphatic carbocycles. The molecule has 31 heavy (non-hydrogen) atoms. The molecule has 3 heterocycles. The van der Waals surface area contributed by atoms with E-state index in [2.05, 4.69) is 20.6 Å². The second kappa shape index (κ2) is 9.05. The highest BCUT2D eigenvalue weighted by atomic mass is 16.4. The van der Waals surface area contributed by atoms with Crippen LogP contribution < -0.4 is 21.9 Å². The molecule has 4 rings (SSSR count). The molecule has 9 heteroatoms. The van der Waals surface area contributed by atoms with Gasteiger partial charge in [0.25, 0.3) is 5.56 Å². The molecule has 0 atom stereocenters. The van der Waals surface area contributed by atoms with Crippen molar-refractivity contribution in [1.29, 1.82) is 0 Å². The fraction of sp³-hybridized carbons (Fsp3) is 0.318. The Morgan fingerprint density at radius 1 is 1.23 bits per heavy atom. The highest BCUT2D eigenvalue weighted by Gasteiger charge is 2.23. The van der Waals surface area contributed by atoms with Gasteiger partial charge in [-0.3, -0.25) is 4.79 Å². The molecule has 162 valence electrons.